The van der Waals surface area contributed by atoms with Crippen molar-refractivity contribution in [3.05, 3.63) is 66.0 Å². The smallest absolute Gasteiger partial charge is 0.181 e. The van der Waals surface area contributed by atoms with Crippen LogP contribution in [0.15, 0.2) is 54.9 Å². The first-order valence-electron chi connectivity index (χ1n) is 9.80. The molecule has 1 aliphatic rings. The fourth-order valence-corrected chi connectivity index (χ4v) is 3.99. The van der Waals surface area contributed by atoms with Crippen molar-refractivity contribution in [1.82, 2.24) is 14.8 Å². The highest BCUT2D eigenvalue weighted by Gasteiger charge is 2.23. The van der Waals surface area contributed by atoms with Crippen molar-refractivity contribution in [2.75, 3.05) is 19.7 Å². The normalized spacial score (nSPS) is 12.3. The largest absolute Gasteiger partial charge is 0.493 e. The molecular formula is C23H22N4O3. The average Bonchev–Trinajstić information content (AvgIpc) is 3.19. The molecule has 0 saturated heterocycles. The fraction of sp³-hybridized carbons (Fsp3) is 0.217. The van der Waals surface area contributed by atoms with E-state index in [9.17, 15) is 0 Å². The minimum absolute atomic E-state index is 0.437. The number of benzene rings is 2. The van der Waals surface area contributed by atoms with Gasteiger partial charge in [-0.25, -0.2) is 5.48 Å². The van der Waals surface area contributed by atoms with Gasteiger partial charge in [-0.3, -0.25) is 4.84 Å². The van der Waals surface area contributed by atoms with E-state index in [0.29, 0.717) is 18.2 Å². The Morgan fingerprint density at radius 3 is 2.63 bits per heavy atom. The number of methoxy groups -OCH3 is 2. The lowest BCUT2D eigenvalue weighted by Crippen LogP contribution is -2.10. The van der Waals surface area contributed by atoms with Crippen molar-refractivity contribution in [2.24, 2.45) is 0 Å². The molecule has 0 amide bonds. The molecule has 2 aromatic carbocycles. The first-order chi connectivity index (χ1) is 14.8. The molecule has 0 radical (unpaired) electrons. The Bertz CT molecular complexity index is 1200. The molecule has 0 spiro atoms. The summed E-state index contributed by atoms with van der Waals surface area (Å²) in [6.07, 6.45) is 4.82. The minimum Gasteiger partial charge on any atom is -0.493 e. The van der Waals surface area contributed by atoms with Crippen molar-refractivity contribution < 1.29 is 14.3 Å². The zero-order valence-corrected chi connectivity index (χ0v) is 16.9. The molecule has 7 nitrogen and oxygen atoms in total. The summed E-state index contributed by atoms with van der Waals surface area (Å²) in [5.74, 6) is 2.06. The van der Waals surface area contributed by atoms with Crippen LogP contribution in [0.2, 0.25) is 0 Å². The second-order valence-electron chi connectivity index (χ2n) is 7.18. The third kappa shape index (κ3) is 3.13. The van der Waals surface area contributed by atoms with Crippen LogP contribution in [0, 0.1) is 0 Å². The molecule has 152 valence electrons. The summed E-state index contributed by atoms with van der Waals surface area (Å²) < 4.78 is 13.2. The molecule has 30 heavy (non-hydrogen) atoms. The minimum atomic E-state index is 0.437. The third-order valence-electron chi connectivity index (χ3n) is 5.45. The first kappa shape index (κ1) is 18.4. The number of ether oxygens (including phenoxy) is 2. The van der Waals surface area contributed by atoms with Crippen molar-refractivity contribution in [2.45, 2.75) is 19.6 Å². The average molecular weight is 402 g/mol. The van der Waals surface area contributed by atoms with Crippen LogP contribution in [0.25, 0.3) is 22.0 Å². The molecule has 0 fully saturated rings. The molecule has 0 aliphatic carbocycles. The zero-order valence-electron chi connectivity index (χ0n) is 16.9. The van der Waals surface area contributed by atoms with E-state index in [1.54, 1.807) is 20.4 Å². The predicted molar refractivity (Wildman–Crippen MR) is 115 cm³/mol. The molecule has 4 aromatic rings. The van der Waals surface area contributed by atoms with Gasteiger partial charge in [-0.2, -0.15) is 5.10 Å². The van der Waals surface area contributed by atoms with Crippen molar-refractivity contribution in [3.63, 3.8) is 0 Å². The highest BCUT2D eigenvalue weighted by molar-refractivity contribution is 6.02. The van der Waals surface area contributed by atoms with Gasteiger partial charge >= 0.3 is 0 Å². The van der Waals surface area contributed by atoms with Crippen LogP contribution in [-0.2, 0) is 24.4 Å². The Labute approximate surface area is 174 Å². The van der Waals surface area contributed by atoms with E-state index in [-0.39, 0.29) is 0 Å². The number of nitrogens with zero attached hydrogens (tertiary/aromatic N) is 3. The maximum absolute atomic E-state index is 5.68. The number of anilines is 1. The second kappa shape index (κ2) is 7.68. The lowest BCUT2D eigenvalue weighted by atomic mass is 9.96. The van der Waals surface area contributed by atoms with E-state index in [0.717, 1.165) is 46.3 Å². The van der Waals surface area contributed by atoms with Gasteiger partial charge in [0.1, 0.15) is 0 Å². The first-order valence-corrected chi connectivity index (χ1v) is 9.80. The Hall–Kier alpha value is -3.58. The van der Waals surface area contributed by atoms with Crippen molar-refractivity contribution >= 4 is 16.6 Å². The second-order valence-corrected chi connectivity index (χ2v) is 7.18. The quantitative estimate of drug-likeness (QED) is 0.487. The van der Waals surface area contributed by atoms with Crippen molar-refractivity contribution in [3.8, 4) is 22.8 Å². The summed E-state index contributed by atoms with van der Waals surface area (Å²) in [5, 5.41) is 10.4. The van der Waals surface area contributed by atoms with E-state index < -0.39 is 0 Å². The van der Waals surface area contributed by atoms with Gasteiger partial charge < -0.3 is 14.0 Å². The standard InChI is InChI=1S/C23H22N4O3/c1-28-20-10-16-8-9-27-13-19-18(22(27)17(16)11-21(20)29-2)12-24-25-23(19)26-30-14-15-6-4-3-5-7-15/h3-7,10-13H,8-9,14H2,1-2H3,(H,25,26). The molecule has 1 aliphatic heterocycles. The molecular weight excluding hydrogens is 380 g/mol. The number of fused-ring (bicyclic) bond motifs is 5. The molecule has 2 aromatic heterocycles. The maximum Gasteiger partial charge on any atom is 0.181 e. The number of aromatic nitrogens is 3. The number of hydrogen-bond donors (Lipinski definition) is 1. The number of hydrogen-bond acceptors (Lipinski definition) is 6. The van der Waals surface area contributed by atoms with Gasteiger partial charge in [0.2, 0.25) is 0 Å². The summed E-state index contributed by atoms with van der Waals surface area (Å²) in [7, 11) is 3.32. The van der Waals surface area contributed by atoms with Gasteiger partial charge in [-0.05, 0) is 29.7 Å². The van der Waals surface area contributed by atoms with Crippen LogP contribution in [-0.4, -0.2) is 29.0 Å². The van der Waals surface area contributed by atoms with E-state index in [1.165, 1.54) is 5.56 Å². The van der Waals surface area contributed by atoms with E-state index >= 15 is 0 Å². The topological polar surface area (TPSA) is 70.4 Å². The number of aryl methyl sites for hydroxylation is 2. The van der Waals surface area contributed by atoms with Gasteiger partial charge in [0, 0.05) is 29.1 Å². The Balaban J connectivity index is 1.51. The molecule has 1 N–H and O–H groups in total. The van der Waals surface area contributed by atoms with Gasteiger partial charge in [-0.1, -0.05) is 30.3 Å². The Kier molecular flexibility index (Phi) is 4.72. The third-order valence-corrected chi connectivity index (χ3v) is 5.45. The summed E-state index contributed by atoms with van der Waals surface area (Å²) >= 11 is 0. The maximum atomic E-state index is 5.68. The van der Waals surface area contributed by atoms with Crippen LogP contribution in [0.5, 0.6) is 11.5 Å². The van der Waals surface area contributed by atoms with Gasteiger partial charge in [0.05, 0.1) is 32.7 Å². The highest BCUT2D eigenvalue weighted by atomic mass is 16.6. The Morgan fingerprint density at radius 2 is 1.83 bits per heavy atom. The van der Waals surface area contributed by atoms with Gasteiger partial charge in [0.15, 0.2) is 17.3 Å². The van der Waals surface area contributed by atoms with Crippen LogP contribution < -0.4 is 15.0 Å². The van der Waals surface area contributed by atoms with Gasteiger partial charge in [0.25, 0.3) is 0 Å². The Morgan fingerprint density at radius 1 is 1.03 bits per heavy atom. The van der Waals surface area contributed by atoms with Crippen LogP contribution in [0.3, 0.4) is 0 Å². The van der Waals surface area contributed by atoms with Crippen LogP contribution in [0.4, 0.5) is 5.82 Å². The molecule has 0 bridgehead atoms. The van der Waals surface area contributed by atoms with Crippen LogP contribution in [0.1, 0.15) is 11.1 Å². The molecule has 3 heterocycles. The van der Waals surface area contributed by atoms with E-state index in [4.69, 9.17) is 14.3 Å². The zero-order chi connectivity index (χ0) is 20.5. The monoisotopic (exact) mass is 402 g/mol. The molecule has 0 unspecified atom stereocenters. The van der Waals surface area contributed by atoms with Crippen LogP contribution >= 0.6 is 0 Å². The molecule has 5 rings (SSSR count). The SMILES string of the molecule is COc1cc2c(cc1OC)-c1c3cnnc(NOCc4ccccc4)c3cn1CC2. The predicted octanol–water partition coefficient (Wildman–Crippen LogP) is 4.22. The van der Waals surface area contributed by atoms with E-state index in [1.807, 2.05) is 36.4 Å². The lowest BCUT2D eigenvalue weighted by molar-refractivity contribution is 0.179. The van der Waals surface area contributed by atoms with Crippen molar-refractivity contribution in [1.29, 1.82) is 0 Å². The highest BCUT2D eigenvalue weighted by Crippen LogP contribution is 2.42. The molecule has 7 heteroatoms. The number of rotatable bonds is 6. The molecule has 0 saturated carbocycles. The summed E-state index contributed by atoms with van der Waals surface area (Å²) in [5.41, 5.74) is 7.51. The molecule has 0 atom stereocenters. The summed E-state index contributed by atoms with van der Waals surface area (Å²) in [4.78, 5) is 5.68. The number of nitrogens with one attached hydrogen (secondary N) is 1. The van der Waals surface area contributed by atoms with Gasteiger partial charge in [-0.15, -0.1) is 5.10 Å². The summed E-state index contributed by atoms with van der Waals surface area (Å²) in [6.45, 7) is 1.31. The van der Waals surface area contributed by atoms with E-state index in [2.05, 4.69) is 32.5 Å². The fourth-order valence-electron chi connectivity index (χ4n) is 3.99. The lowest BCUT2D eigenvalue weighted by Gasteiger charge is -2.21. The summed E-state index contributed by atoms with van der Waals surface area (Å²) in [6, 6.07) is 14.1.